The average Bonchev–Trinajstić information content (AvgIpc) is 3.15. The smallest absolute Gasteiger partial charge is 0.246 e. The van der Waals surface area contributed by atoms with Crippen LogP contribution in [0.15, 0.2) is 27.7 Å². The summed E-state index contributed by atoms with van der Waals surface area (Å²) in [5, 5.41) is 8.90. The van der Waals surface area contributed by atoms with E-state index < -0.39 is 0 Å². The van der Waals surface area contributed by atoms with Gasteiger partial charge in [-0.05, 0) is 44.4 Å². The van der Waals surface area contributed by atoms with Gasteiger partial charge in [0.25, 0.3) is 0 Å². The Hall–Kier alpha value is -2.09. The summed E-state index contributed by atoms with van der Waals surface area (Å²) in [4.78, 5) is 30.4. The molecule has 0 saturated carbocycles. The molecule has 142 valence electrons. The molecule has 0 atom stereocenters. The molecule has 26 heavy (non-hydrogen) atoms. The largest absolute Gasteiger partial charge is 0.357 e. The van der Waals surface area contributed by atoms with Crippen LogP contribution in [-0.4, -0.2) is 55.4 Å². The van der Waals surface area contributed by atoms with Gasteiger partial charge < -0.3 is 20.9 Å². The Morgan fingerprint density at radius 1 is 1.23 bits per heavy atom. The van der Waals surface area contributed by atoms with Crippen LogP contribution in [0.4, 0.5) is 5.69 Å². The van der Waals surface area contributed by atoms with Crippen LogP contribution in [0.2, 0.25) is 0 Å². The minimum absolute atomic E-state index is 0.0286. The fourth-order valence-electron chi connectivity index (χ4n) is 2.65. The highest BCUT2D eigenvalue weighted by atomic mass is 79.9. The summed E-state index contributed by atoms with van der Waals surface area (Å²) in [5.74, 6) is 0.303. The number of hydrogen-bond donors (Lipinski definition) is 3. The van der Waals surface area contributed by atoms with Crippen molar-refractivity contribution < 1.29 is 9.59 Å². The zero-order chi connectivity index (χ0) is 18.9. The topological polar surface area (TPSA) is 85.8 Å². The van der Waals surface area contributed by atoms with Crippen LogP contribution in [0, 0.1) is 6.92 Å². The highest BCUT2D eigenvalue weighted by Gasteiger charge is 2.17. The molecule has 3 N–H and O–H groups in total. The molecule has 8 heteroatoms. The maximum atomic E-state index is 12.2. The third kappa shape index (κ3) is 6.33. The highest BCUT2D eigenvalue weighted by Crippen LogP contribution is 2.20. The van der Waals surface area contributed by atoms with E-state index in [1.54, 1.807) is 0 Å². The van der Waals surface area contributed by atoms with Gasteiger partial charge in [0.15, 0.2) is 5.96 Å². The number of aryl methyl sites for hydroxylation is 1. The van der Waals surface area contributed by atoms with E-state index in [1.807, 2.05) is 36.9 Å². The molecule has 1 aromatic carbocycles. The quantitative estimate of drug-likeness (QED) is 0.481. The van der Waals surface area contributed by atoms with Crippen LogP contribution in [0.1, 0.15) is 25.3 Å². The zero-order valence-corrected chi connectivity index (χ0v) is 16.9. The normalized spacial score (nSPS) is 14.3. The summed E-state index contributed by atoms with van der Waals surface area (Å²) in [6, 6.07) is 5.71. The van der Waals surface area contributed by atoms with Crippen molar-refractivity contribution in [2.45, 2.75) is 26.7 Å². The van der Waals surface area contributed by atoms with Gasteiger partial charge in [0.1, 0.15) is 6.54 Å². The first-order valence-corrected chi connectivity index (χ1v) is 9.65. The van der Waals surface area contributed by atoms with Gasteiger partial charge in [0.05, 0.1) is 6.54 Å². The lowest BCUT2D eigenvalue weighted by Gasteiger charge is -2.17. The number of halogens is 1. The number of amides is 2. The summed E-state index contributed by atoms with van der Waals surface area (Å²) >= 11 is 3.40. The predicted octanol–water partition coefficient (Wildman–Crippen LogP) is 1.87. The van der Waals surface area contributed by atoms with E-state index in [9.17, 15) is 9.59 Å². The number of likely N-dealkylation sites (tertiary alicyclic amines) is 1. The Balaban J connectivity index is 1.87. The second kappa shape index (κ2) is 10.2. The molecule has 0 bridgehead atoms. The van der Waals surface area contributed by atoms with Gasteiger partial charge in [0, 0.05) is 29.8 Å². The number of aliphatic imine (C=N–C) groups is 1. The molecule has 0 radical (unpaired) electrons. The molecule has 1 fully saturated rings. The van der Waals surface area contributed by atoms with Gasteiger partial charge in [0.2, 0.25) is 11.8 Å². The summed E-state index contributed by atoms with van der Waals surface area (Å²) in [5.41, 5.74) is 1.73. The molecule has 1 saturated heterocycles. The Morgan fingerprint density at radius 3 is 2.65 bits per heavy atom. The second-order valence-electron chi connectivity index (χ2n) is 6.14. The van der Waals surface area contributed by atoms with Crippen LogP contribution in [0.3, 0.4) is 0 Å². The summed E-state index contributed by atoms with van der Waals surface area (Å²) in [7, 11) is 0. The lowest BCUT2D eigenvalue weighted by atomic mass is 10.2. The first-order valence-electron chi connectivity index (χ1n) is 8.85. The number of benzene rings is 1. The first kappa shape index (κ1) is 20.2. The van der Waals surface area contributed by atoms with Crippen molar-refractivity contribution in [1.29, 1.82) is 0 Å². The number of carbonyl (C=O) groups excluding carboxylic acids is 2. The van der Waals surface area contributed by atoms with E-state index in [0.717, 1.165) is 41.7 Å². The van der Waals surface area contributed by atoms with Crippen molar-refractivity contribution in [3.05, 3.63) is 28.2 Å². The van der Waals surface area contributed by atoms with Gasteiger partial charge >= 0.3 is 0 Å². The van der Waals surface area contributed by atoms with Gasteiger partial charge in [-0.2, -0.15) is 0 Å². The highest BCUT2D eigenvalue weighted by molar-refractivity contribution is 9.10. The molecule has 2 rings (SSSR count). The monoisotopic (exact) mass is 423 g/mol. The van der Waals surface area contributed by atoms with E-state index in [4.69, 9.17) is 0 Å². The maximum absolute atomic E-state index is 12.2. The third-order valence-corrected chi connectivity index (χ3v) is 4.56. The molecule has 0 spiro atoms. The number of carbonyl (C=O) groups is 2. The molecule has 0 aromatic heterocycles. The van der Waals surface area contributed by atoms with Gasteiger partial charge in [-0.1, -0.05) is 22.0 Å². The van der Waals surface area contributed by atoms with Crippen LogP contribution in [0.25, 0.3) is 0 Å². The predicted molar refractivity (Wildman–Crippen MR) is 107 cm³/mol. The first-order chi connectivity index (χ1) is 12.5. The Labute approximate surface area is 162 Å². The minimum atomic E-state index is -0.214. The number of nitrogens with zero attached hydrogens (tertiary/aromatic N) is 2. The molecule has 0 aliphatic carbocycles. The van der Waals surface area contributed by atoms with Crippen LogP contribution in [0.5, 0.6) is 0 Å². The fraction of sp³-hybridized carbons (Fsp3) is 0.500. The Morgan fingerprint density at radius 2 is 1.96 bits per heavy atom. The lowest BCUT2D eigenvalue weighted by Crippen LogP contribution is -2.44. The number of hydrogen-bond acceptors (Lipinski definition) is 3. The standard InChI is InChI=1S/C18H26BrN5O2/c1-3-20-18(22-12-17(26)24-8-4-5-9-24)21-11-16(25)23-15-10-14(19)7-6-13(15)2/h6-7,10H,3-5,8-9,11-12H2,1-2H3,(H,23,25)(H2,20,21,22). The SMILES string of the molecule is CCNC(=NCC(=O)Nc1cc(Br)ccc1C)NCC(=O)N1CCCC1. The molecule has 1 aliphatic heterocycles. The molecule has 2 amide bonds. The summed E-state index contributed by atoms with van der Waals surface area (Å²) in [6.07, 6.45) is 2.13. The lowest BCUT2D eigenvalue weighted by molar-refractivity contribution is -0.128. The van der Waals surface area contributed by atoms with Crippen molar-refractivity contribution in [1.82, 2.24) is 15.5 Å². The molecule has 1 heterocycles. The summed E-state index contributed by atoms with van der Waals surface area (Å²) in [6.45, 7) is 6.31. The van der Waals surface area contributed by atoms with Crippen LogP contribution < -0.4 is 16.0 Å². The Kier molecular flexibility index (Phi) is 7.90. The van der Waals surface area contributed by atoms with E-state index in [1.165, 1.54) is 0 Å². The number of guanidine groups is 1. The van der Waals surface area contributed by atoms with Gasteiger partial charge in [-0.25, -0.2) is 4.99 Å². The fourth-order valence-corrected chi connectivity index (χ4v) is 3.01. The van der Waals surface area contributed by atoms with Gasteiger partial charge in [-0.15, -0.1) is 0 Å². The number of anilines is 1. The zero-order valence-electron chi connectivity index (χ0n) is 15.3. The number of rotatable bonds is 6. The van der Waals surface area contributed by atoms with E-state index in [0.29, 0.717) is 12.5 Å². The van der Waals surface area contributed by atoms with Crippen molar-refractivity contribution in [2.75, 3.05) is 38.0 Å². The van der Waals surface area contributed by atoms with Crippen molar-refractivity contribution in [3.63, 3.8) is 0 Å². The van der Waals surface area contributed by atoms with Crippen molar-refractivity contribution >= 4 is 39.4 Å². The van der Waals surface area contributed by atoms with Gasteiger partial charge in [-0.3, -0.25) is 9.59 Å². The van der Waals surface area contributed by atoms with Crippen molar-refractivity contribution in [3.8, 4) is 0 Å². The molecule has 0 unspecified atom stereocenters. The molecule has 1 aliphatic rings. The van der Waals surface area contributed by atoms with Crippen LogP contribution in [-0.2, 0) is 9.59 Å². The summed E-state index contributed by atoms with van der Waals surface area (Å²) < 4.78 is 0.900. The number of nitrogens with one attached hydrogen (secondary N) is 3. The second-order valence-corrected chi connectivity index (χ2v) is 7.06. The molecular weight excluding hydrogens is 398 g/mol. The minimum Gasteiger partial charge on any atom is -0.357 e. The Bertz CT molecular complexity index is 672. The maximum Gasteiger partial charge on any atom is 0.246 e. The van der Waals surface area contributed by atoms with Crippen molar-refractivity contribution in [2.24, 2.45) is 4.99 Å². The van der Waals surface area contributed by atoms with E-state index in [-0.39, 0.29) is 24.9 Å². The molecule has 1 aromatic rings. The van der Waals surface area contributed by atoms with E-state index >= 15 is 0 Å². The van der Waals surface area contributed by atoms with Crippen LogP contribution >= 0.6 is 15.9 Å². The average molecular weight is 424 g/mol. The third-order valence-electron chi connectivity index (χ3n) is 4.06. The van der Waals surface area contributed by atoms with E-state index in [2.05, 4.69) is 36.9 Å². The molecular formula is C18H26BrN5O2. The molecule has 7 nitrogen and oxygen atoms in total.